The molecule has 1 heterocycles. The molecule has 0 saturated carbocycles. The molecule has 1 atom stereocenters. The maximum Gasteiger partial charge on any atom is 0.347 e. The highest BCUT2D eigenvalue weighted by molar-refractivity contribution is 4.80. The van der Waals surface area contributed by atoms with Gasteiger partial charge in [-0.1, -0.05) is 0 Å². The Morgan fingerprint density at radius 2 is 2.36 bits per heavy atom. The molecule has 0 radical (unpaired) electrons. The van der Waals surface area contributed by atoms with Gasteiger partial charge < -0.3 is 5.11 Å². The molecule has 14 heavy (non-hydrogen) atoms. The van der Waals surface area contributed by atoms with Crippen molar-refractivity contribution in [1.29, 1.82) is 0 Å². The topological polar surface area (TPSA) is 55.1 Å². The Hall–Kier alpha value is -1.16. The van der Waals surface area contributed by atoms with E-state index in [4.69, 9.17) is 5.11 Å². The molecule has 0 aliphatic carbocycles. The minimum atomic E-state index is -0.249. The second kappa shape index (κ2) is 5.54. The first kappa shape index (κ1) is 10.9. The highest BCUT2D eigenvalue weighted by Gasteiger charge is 1.97. The van der Waals surface area contributed by atoms with E-state index in [2.05, 4.69) is 4.98 Å². The largest absolute Gasteiger partial charge is 0.393 e. The van der Waals surface area contributed by atoms with Crippen LogP contribution in [0.15, 0.2) is 23.3 Å². The normalized spacial score (nSPS) is 12.7. The molecular formula is C10H16N2O2. The van der Waals surface area contributed by atoms with Crippen LogP contribution in [0.4, 0.5) is 0 Å². The number of unbranched alkanes of at least 4 members (excludes halogenated alkanes) is 1. The Morgan fingerprint density at radius 3 is 3.00 bits per heavy atom. The van der Waals surface area contributed by atoms with Crippen LogP contribution in [0.1, 0.15) is 26.2 Å². The van der Waals surface area contributed by atoms with Gasteiger partial charge in [0.1, 0.15) is 0 Å². The number of aliphatic hydroxyl groups excluding tert-OH is 1. The minimum absolute atomic E-state index is 0.204. The molecule has 4 nitrogen and oxygen atoms in total. The predicted molar refractivity (Wildman–Crippen MR) is 54.0 cm³/mol. The van der Waals surface area contributed by atoms with Crippen LogP contribution in [0.5, 0.6) is 0 Å². The van der Waals surface area contributed by atoms with Gasteiger partial charge in [-0.25, -0.2) is 9.78 Å². The highest BCUT2D eigenvalue weighted by atomic mass is 16.3. The monoisotopic (exact) mass is 196 g/mol. The van der Waals surface area contributed by atoms with Crippen LogP contribution in [-0.4, -0.2) is 20.8 Å². The molecule has 0 aliphatic rings. The first-order valence-corrected chi connectivity index (χ1v) is 4.89. The van der Waals surface area contributed by atoms with E-state index >= 15 is 0 Å². The third-order valence-corrected chi connectivity index (χ3v) is 2.05. The fourth-order valence-electron chi connectivity index (χ4n) is 1.28. The molecular weight excluding hydrogens is 180 g/mol. The summed E-state index contributed by atoms with van der Waals surface area (Å²) in [5.41, 5.74) is -0.204. The Bertz CT molecular complexity index is 320. The SMILES string of the molecule is CC(O)CCCCn1cccnc1=O. The summed E-state index contributed by atoms with van der Waals surface area (Å²) in [5, 5.41) is 9.02. The van der Waals surface area contributed by atoms with E-state index in [1.807, 2.05) is 0 Å². The zero-order valence-electron chi connectivity index (χ0n) is 8.39. The summed E-state index contributed by atoms with van der Waals surface area (Å²) >= 11 is 0. The van der Waals surface area contributed by atoms with Crippen molar-refractivity contribution in [3.8, 4) is 0 Å². The summed E-state index contributed by atoms with van der Waals surface area (Å²) in [7, 11) is 0. The smallest absolute Gasteiger partial charge is 0.347 e. The molecule has 0 amide bonds. The summed E-state index contributed by atoms with van der Waals surface area (Å²) in [6.45, 7) is 2.45. The van der Waals surface area contributed by atoms with Gasteiger partial charge in [0, 0.05) is 18.9 Å². The predicted octanol–water partition coefficient (Wildman–Crippen LogP) is 0.794. The first-order chi connectivity index (χ1) is 6.70. The molecule has 0 spiro atoms. The summed E-state index contributed by atoms with van der Waals surface area (Å²) in [4.78, 5) is 14.8. The third kappa shape index (κ3) is 3.70. The van der Waals surface area contributed by atoms with Gasteiger partial charge in [-0.3, -0.25) is 4.57 Å². The van der Waals surface area contributed by atoms with E-state index in [-0.39, 0.29) is 11.8 Å². The van der Waals surface area contributed by atoms with Gasteiger partial charge in [0.2, 0.25) is 0 Å². The van der Waals surface area contributed by atoms with Crippen molar-refractivity contribution in [2.75, 3.05) is 0 Å². The zero-order chi connectivity index (χ0) is 10.4. The number of aromatic nitrogens is 2. The van der Waals surface area contributed by atoms with Crippen LogP contribution in [0.3, 0.4) is 0 Å². The lowest BCUT2D eigenvalue weighted by atomic mass is 10.2. The van der Waals surface area contributed by atoms with E-state index in [0.717, 1.165) is 19.3 Å². The maximum atomic E-state index is 11.1. The summed E-state index contributed by atoms with van der Waals surface area (Å²) < 4.78 is 1.59. The molecule has 1 unspecified atom stereocenters. The number of aliphatic hydroxyl groups is 1. The molecule has 0 aromatic carbocycles. The van der Waals surface area contributed by atoms with Gasteiger partial charge >= 0.3 is 5.69 Å². The van der Waals surface area contributed by atoms with Crippen molar-refractivity contribution in [2.24, 2.45) is 0 Å². The van der Waals surface area contributed by atoms with E-state index in [0.29, 0.717) is 6.54 Å². The third-order valence-electron chi connectivity index (χ3n) is 2.05. The molecule has 1 rings (SSSR count). The standard InChI is InChI=1S/C10H16N2O2/c1-9(13)5-2-3-7-12-8-4-6-11-10(12)14/h4,6,8-9,13H,2-3,5,7H2,1H3. The highest BCUT2D eigenvalue weighted by Crippen LogP contribution is 2.00. The average Bonchev–Trinajstić information content (AvgIpc) is 2.15. The molecule has 0 bridgehead atoms. The zero-order valence-corrected chi connectivity index (χ0v) is 8.39. The summed E-state index contributed by atoms with van der Waals surface area (Å²) in [5.74, 6) is 0. The first-order valence-electron chi connectivity index (χ1n) is 4.89. The van der Waals surface area contributed by atoms with Crippen LogP contribution in [-0.2, 0) is 6.54 Å². The minimum Gasteiger partial charge on any atom is -0.393 e. The Labute approximate surface area is 83.2 Å². The van der Waals surface area contributed by atoms with Gasteiger partial charge in [-0.05, 0) is 32.3 Å². The van der Waals surface area contributed by atoms with Crippen LogP contribution in [0, 0.1) is 0 Å². The number of nitrogens with zero attached hydrogens (tertiary/aromatic N) is 2. The van der Waals surface area contributed by atoms with Crippen LogP contribution in [0.25, 0.3) is 0 Å². The van der Waals surface area contributed by atoms with E-state index in [9.17, 15) is 4.79 Å². The second-order valence-corrected chi connectivity index (χ2v) is 3.44. The number of rotatable bonds is 5. The fourth-order valence-corrected chi connectivity index (χ4v) is 1.28. The quantitative estimate of drug-likeness (QED) is 0.708. The van der Waals surface area contributed by atoms with Crippen molar-refractivity contribution in [3.05, 3.63) is 28.9 Å². The number of hydrogen-bond acceptors (Lipinski definition) is 3. The Kier molecular flexibility index (Phi) is 4.32. The number of hydrogen-bond donors (Lipinski definition) is 1. The van der Waals surface area contributed by atoms with E-state index in [1.165, 1.54) is 6.20 Å². The van der Waals surface area contributed by atoms with Crippen molar-refractivity contribution in [1.82, 2.24) is 9.55 Å². The maximum absolute atomic E-state index is 11.1. The molecule has 0 aliphatic heterocycles. The summed E-state index contributed by atoms with van der Waals surface area (Å²) in [6.07, 6.45) is 5.59. The lowest BCUT2D eigenvalue weighted by molar-refractivity contribution is 0.180. The fraction of sp³-hybridized carbons (Fsp3) is 0.600. The lowest BCUT2D eigenvalue weighted by Crippen LogP contribution is -2.21. The molecule has 0 saturated heterocycles. The Balaban J connectivity index is 2.32. The molecule has 4 heteroatoms. The lowest BCUT2D eigenvalue weighted by Gasteiger charge is -2.05. The van der Waals surface area contributed by atoms with Gasteiger partial charge in [-0.2, -0.15) is 0 Å². The summed E-state index contributed by atoms with van der Waals surface area (Å²) in [6, 6.07) is 1.75. The van der Waals surface area contributed by atoms with Gasteiger partial charge in [-0.15, -0.1) is 0 Å². The van der Waals surface area contributed by atoms with Gasteiger partial charge in [0.25, 0.3) is 0 Å². The van der Waals surface area contributed by atoms with E-state index < -0.39 is 0 Å². The van der Waals surface area contributed by atoms with Crippen LogP contribution in [0.2, 0.25) is 0 Å². The van der Waals surface area contributed by atoms with Crippen molar-refractivity contribution in [2.45, 2.75) is 38.8 Å². The molecule has 78 valence electrons. The van der Waals surface area contributed by atoms with Gasteiger partial charge in [0.15, 0.2) is 0 Å². The van der Waals surface area contributed by atoms with Crippen LogP contribution < -0.4 is 5.69 Å². The van der Waals surface area contributed by atoms with Crippen LogP contribution >= 0.6 is 0 Å². The molecule has 1 aromatic heterocycles. The van der Waals surface area contributed by atoms with Crippen molar-refractivity contribution in [3.63, 3.8) is 0 Å². The van der Waals surface area contributed by atoms with E-state index in [1.54, 1.807) is 23.8 Å². The second-order valence-electron chi connectivity index (χ2n) is 3.44. The number of aryl methyl sites for hydroxylation is 1. The van der Waals surface area contributed by atoms with Gasteiger partial charge in [0.05, 0.1) is 6.10 Å². The molecule has 1 N–H and O–H groups in total. The average molecular weight is 196 g/mol. The molecule has 0 fully saturated rings. The Morgan fingerprint density at radius 1 is 1.57 bits per heavy atom. The van der Waals surface area contributed by atoms with Crippen molar-refractivity contribution < 1.29 is 5.11 Å². The van der Waals surface area contributed by atoms with Crippen molar-refractivity contribution >= 4 is 0 Å². The molecule has 1 aromatic rings.